The maximum absolute atomic E-state index is 5.43. The Balaban J connectivity index is 2.72. The van der Waals surface area contributed by atoms with Gasteiger partial charge in [-0.2, -0.15) is 4.99 Å². The zero-order chi connectivity index (χ0) is 9.84. The first-order valence-electron chi connectivity index (χ1n) is 3.89. The van der Waals surface area contributed by atoms with Crippen molar-refractivity contribution in [2.24, 2.45) is 27.2 Å². The minimum atomic E-state index is -0.0828. The van der Waals surface area contributed by atoms with Crippen LogP contribution in [0.1, 0.15) is 13.3 Å². The van der Waals surface area contributed by atoms with Gasteiger partial charge >= 0.3 is 0 Å². The van der Waals surface area contributed by atoms with Crippen molar-refractivity contribution < 1.29 is 0 Å². The van der Waals surface area contributed by atoms with E-state index in [9.17, 15) is 0 Å². The number of guanidine groups is 2. The van der Waals surface area contributed by atoms with E-state index in [2.05, 4.69) is 9.98 Å². The summed E-state index contributed by atoms with van der Waals surface area (Å²) in [6, 6.07) is 0. The molecule has 0 aromatic rings. The Bertz CT molecular complexity index is 317. The second kappa shape index (κ2) is 3.75. The molecule has 0 unspecified atom stereocenters. The Morgan fingerprint density at radius 3 is 2.54 bits per heavy atom. The van der Waals surface area contributed by atoms with Crippen LogP contribution < -0.4 is 17.2 Å². The van der Waals surface area contributed by atoms with E-state index in [4.69, 9.17) is 17.2 Å². The smallest absolute Gasteiger partial charge is 0.223 e. The number of allylic oxidation sites excluding steroid dienone is 3. The first kappa shape index (κ1) is 9.31. The summed E-state index contributed by atoms with van der Waals surface area (Å²) in [5.41, 5.74) is 17.7. The van der Waals surface area contributed by atoms with Gasteiger partial charge in [0.05, 0.1) is 5.70 Å². The molecule has 5 nitrogen and oxygen atoms in total. The molecule has 0 spiro atoms. The number of aliphatic imine (C=N–C) groups is 2. The summed E-state index contributed by atoms with van der Waals surface area (Å²) in [6.07, 6.45) is 4.81. The monoisotopic (exact) mass is 179 g/mol. The number of nitrogens with zero attached hydrogens (tertiary/aromatic N) is 2. The average molecular weight is 179 g/mol. The van der Waals surface area contributed by atoms with Gasteiger partial charge in [-0.05, 0) is 19.4 Å². The van der Waals surface area contributed by atoms with Crippen LogP contribution in [0.5, 0.6) is 0 Å². The summed E-state index contributed by atoms with van der Waals surface area (Å²) in [7, 11) is 0. The molecule has 0 aromatic carbocycles. The third kappa shape index (κ3) is 2.98. The highest BCUT2D eigenvalue weighted by molar-refractivity contribution is 5.92. The minimum Gasteiger partial charge on any atom is -0.370 e. The van der Waals surface area contributed by atoms with Crippen molar-refractivity contribution in [3.05, 3.63) is 23.4 Å². The lowest BCUT2D eigenvalue weighted by molar-refractivity contribution is 1.25. The fourth-order valence-electron chi connectivity index (χ4n) is 1.00. The third-order valence-electron chi connectivity index (χ3n) is 1.51. The second-order valence-corrected chi connectivity index (χ2v) is 2.83. The molecule has 0 aliphatic heterocycles. The summed E-state index contributed by atoms with van der Waals surface area (Å²) < 4.78 is 0. The quantitative estimate of drug-likeness (QED) is 0.384. The van der Waals surface area contributed by atoms with E-state index in [1.54, 1.807) is 0 Å². The van der Waals surface area contributed by atoms with Crippen LogP contribution in [0.25, 0.3) is 0 Å². The highest BCUT2D eigenvalue weighted by Crippen LogP contribution is 2.17. The molecule has 0 fully saturated rings. The molecule has 13 heavy (non-hydrogen) atoms. The van der Waals surface area contributed by atoms with Gasteiger partial charge in [-0.15, -0.1) is 0 Å². The predicted octanol–water partition coefficient (Wildman–Crippen LogP) is -0.192. The fourth-order valence-corrected chi connectivity index (χ4v) is 1.00. The Kier molecular flexibility index (Phi) is 2.69. The van der Waals surface area contributed by atoms with Gasteiger partial charge in [-0.1, -0.05) is 11.6 Å². The van der Waals surface area contributed by atoms with Gasteiger partial charge in [0.1, 0.15) is 0 Å². The maximum atomic E-state index is 5.43. The van der Waals surface area contributed by atoms with Gasteiger partial charge in [-0.25, -0.2) is 4.99 Å². The molecule has 0 atom stereocenters. The molecule has 0 radical (unpaired) electrons. The van der Waals surface area contributed by atoms with Crippen LogP contribution in [-0.2, 0) is 0 Å². The number of rotatable bonds is 1. The second-order valence-electron chi connectivity index (χ2n) is 2.83. The van der Waals surface area contributed by atoms with Crippen molar-refractivity contribution >= 4 is 11.9 Å². The van der Waals surface area contributed by atoms with Gasteiger partial charge in [-0.3, -0.25) is 0 Å². The molecule has 0 aromatic heterocycles. The van der Waals surface area contributed by atoms with Crippen LogP contribution >= 0.6 is 0 Å². The Hall–Kier alpha value is -1.78. The Morgan fingerprint density at radius 2 is 2.08 bits per heavy atom. The summed E-state index contributed by atoms with van der Waals surface area (Å²) in [5, 5.41) is 0. The number of hydrogen-bond acceptors (Lipinski definition) is 1. The molecular formula is C8H13N5. The van der Waals surface area contributed by atoms with E-state index in [1.165, 1.54) is 5.57 Å². The normalized spacial score (nSPS) is 16.5. The van der Waals surface area contributed by atoms with Crippen LogP contribution in [0.3, 0.4) is 0 Å². The SMILES string of the molecule is CC1=CC(N=C(N)N=C(N)N)=CC1. The highest BCUT2D eigenvalue weighted by Gasteiger charge is 2.01. The summed E-state index contributed by atoms with van der Waals surface area (Å²) in [4.78, 5) is 7.59. The maximum Gasteiger partial charge on any atom is 0.223 e. The molecule has 70 valence electrons. The van der Waals surface area contributed by atoms with Crippen molar-refractivity contribution in [3.8, 4) is 0 Å². The lowest BCUT2D eigenvalue weighted by Crippen LogP contribution is -2.26. The predicted molar refractivity (Wildman–Crippen MR) is 53.9 cm³/mol. The molecule has 0 bridgehead atoms. The molecule has 0 saturated carbocycles. The average Bonchev–Trinajstić information content (AvgIpc) is 2.33. The third-order valence-corrected chi connectivity index (χ3v) is 1.51. The van der Waals surface area contributed by atoms with Gasteiger partial charge in [0.25, 0.3) is 0 Å². The number of hydrogen-bond donors (Lipinski definition) is 3. The Labute approximate surface area is 76.7 Å². The molecule has 0 amide bonds. The van der Waals surface area contributed by atoms with Crippen LogP contribution in [0, 0.1) is 0 Å². The first-order chi connectivity index (χ1) is 6.08. The lowest BCUT2D eigenvalue weighted by atomic mass is 10.3. The van der Waals surface area contributed by atoms with Gasteiger partial charge in [0.2, 0.25) is 5.96 Å². The molecule has 1 rings (SSSR count). The van der Waals surface area contributed by atoms with Crippen LogP contribution in [0.2, 0.25) is 0 Å². The minimum absolute atomic E-state index is 0.0807. The fraction of sp³-hybridized carbons (Fsp3) is 0.250. The standard InChI is InChI=1S/C8H13N5/c1-5-2-3-6(4-5)12-8(11)13-7(9)10/h3-4H,2H2,1H3,(H6,9,10,11,12,13). The van der Waals surface area contributed by atoms with Crippen molar-refractivity contribution in [2.45, 2.75) is 13.3 Å². The topological polar surface area (TPSA) is 103 Å². The zero-order valence-corrected chi connectivity index (χ0v) is 7.49. The lowest BCUT2D eigenvalue weighted by Gasteiger charge is -1.93. The molecule has 5 heteroatoms. The first-order valence-corrected chi connectivity index (χ1v) is 3.89. The zero-order valence-electron chi connectivity index (χ0n) is 7.49. The van der Waals surface area contributed by atoms with Crippen LogP contribution in [0.15, 0.2) is 33.4 Å². The van der Waals surface area contributed by atoms with E-state index in [1.807, 2.05) is 19.1 Å². The number of nitrogens with two attached hydrogens (primary N) is 3. The van der Waals surface area contributed by atoms with Crippen molar-refractivity contribution in [3.63, 3.8) is 0 Å². The van der Waals surface area contributed by atoms with Crippen LogP contribution in [-0.4, -0.2) is 11.9 Å². The summed E-state index contributed by atoms with van der Waals surface area (Å²) in [6.45, 7) is 2.02. The van der Waals surface area contributed by atoms with Crippen molar-refractivity contribution in [1.82, 2.24) is 0 Å². The molecule has 0 saturated heterocycles. The molecule has 1 aliphatic carbocycles. The Morgan fingerprint density at radius 1 is 1.38 bits per heavy atom. The summed E-state index contributed by atoms with van der Waals surface area (Å²) >= 11 is 0. The van der Waals surface area contributed by atoms with E-state index in [-0.39, 0.29) is 11.9 Å². The van der Waals surface area contributed by atoms with Gasteiger partial charge in [0.15, 0.2) is 5.96 Å². The highest BCUT2D eigenvalue weighted by atomic mass is 15.1. The largest absolute Gasteiger partial charge is 0.370 e. The molecule has 6 N–H and O–H groups in total. The van der Waals surface area contributed by atoms with Gasteiger partial charge in [0, 0.05) is 0 Å². The van der Waals surface area contributed by atoms with E-state index in [0.717, 1.165) is 12.1 Å². The summed E-state index contributed by atoms with van der Waals surface area (Å²) in [5.74, 6) is -0.00208. The van der Waals surface area contributed by atoms with E-state index < -0.39 is 0 Å². The van der Waals surface area contributed by atoms with Crippen molar-refractivity contribution in [1.29, 1.82) is 0 Å². The van der Waals surface area contributed by atoms with E-state index >= 15 is 0 Å². The van der Waals surface area contributed by atoms with Crippen LogP contribution in [0.4, 0.5) is 0 Å². The molecule has 0 heterocycles. The van der Waals surface area contributed by atoms with Gasteiger partial charge < -0.3 is 17.2 Å². The molecule has 1 aliphatic rings. The van der Waals surface area contributed by atoms with Crippen molar-refractivity contribution in [2.75, 3.05) is 0 Å². The van der Waals surface area contributed by atoms with E-state index in [0.29, 0.717) is 0 Å². The molecular weight excluding hydrogens is 166 g/mol.